The van der Waals surface area contributed by atoms with E-state index in [1.54, 1.807) is 6.07 Å². The van der Waals surface area contributed by atoms with Gasteiger partial charge in [-0.3, -0.25) is 4.79 Å². The maximum atomic E-state index is 13.7. The van der Waals surface area contributed by atoms with Crippen LogP contribution in [0.3, 0.4) is 0 Å². The molecular weight excluding hydrogens is 333 g/mol. The first-order valence-corrected chi connectivity index (χ1v) is 7.65. The highest BCUT2D eigenvalue weighted by atomic mass is 79.9. The molecule has 0 aliphatic rings. The van der Waals surface area contributed by atoms with Gasteiger partial charge in [-0.25, -0.2) is 4.39 Å². The molecule has 0 heterocycles. The van der Waals surface area contributed by atoms with Crippen LogP contribution < -0.4 is 5.32 Å². The van der Waals surface area contributed by atoms with Crippen LogP contribution in [0.15, 0.2) is 46.9 Å². The Morgan fingerprint density at radius 2 is 1.90 bits per heavy atom. The van der Waals surface area contributed by atoms with E-state index < -0.39 is 11.7 Å². The molecule has 2 nitrogen and oxygen atoms in total. The summed E-state index contributed by atoms with van der Waals surface area (Å²) in [5.41, 5.74) is 2.28. The molecule has 0 saturated carbocycles. The van der Waals surface area contributed by atoms with E-state index in [-0.39, 0.29) is 11.6 Å². The molecule has 0 aliphatic carbocycles. The summed E-state index contributed by atoms with van der Waals surface area (Å²) >= 11 is 3.24. The van der Waals surface area contributed by atoms with E-state index in [0.717, 1.165) is 12.0 Å². The molecule has 1 unspecified atom stereocenters. The quantitative estimate of drug-likeness (QED) is 0.855. The van der Waals surface area contributed by atoms with E-state index in [0.29, 0.717) is 4.47 Å². The second-order valence-corrected chi connectivity index (χ2v) is 5.83. The van der Waals surface area contributed by atoms with Crippen LogP contribution in [0, 0.1) is 5.82 Å². The number of amides is 1. The van der Waals surface area contributed by atoms with Crippen molar-refractivity contribution in [2.45, 2.75) is 26.3 Å². The lowest BCUT2D eigenvalue weighted by atomic mass is 10.0. The molecule has 0 fully saturated rings. The number of carbonyl (C=O) groups is 1. The number of nitrogens with one attached hydrogen (secondary N) is 1. The molecular formula is C17H17BrFNO. The molecule has 2 aromatic rings. The summed E-state index contributed by atoms with van der Waals surface area (Å²) < 4.78 is 14.4. The molecule has 0 aliphatic heterocycles. The molecule has 21 heavy (non-hydrogen) atoms. The Balaban J connectivity index is 2.12. The molecule has 0 spiro atoms. The summed E-state index contributed by atoms with van der Waals surface area (Å²) in [6.07, 6.45) is 0.976. The van der Waals surface area contributed by atoms with E-state index in [2.05, 4.69) is 28.2 Å². The van der Waals surface area contributed by atoms with Gasteiger partial charge in [0.25, 0.3) is 5.91 Å². The van der Waals surface area contributed by atoms with Gasteiger partial charge in [0.15, 0.2) is 0 Å². The van der Waals surface area contributed by atoms with Gasteiger partial charge in [0, 0.05) is 4.47 Å². The summed E-state index contributed by atoms with van der Waals surface area (Å²) in [6.45, 7) is 3.98. The maximum Gasteiger partial charge on any atom is 0.254 e. The van der Waals surface area contributed by atoms with Crippen molar-refractivity contribution in [2.75, 3.05) is 0 Å². The molecule has 0 radical (unpaired) electrons. The lowest BCUT2D eigenvalue weighted by Gasteiger charge is -2.15. The zero-order valence-electron chi connectivity index (χ0n) is 12.0. The maximum absolute atomic E-state index is 13.7. The van der Waals surface area contributed by atoms with Gasteiger partial charge in [0.2, 0.25) is 0 Å². The highest BCUT2D eigenvalue weighted by molar-refractivity contribution is 9.10. The highest BCUT2D eigenvalue weighted by Gasteiger charge is 2.15. The van der Waals surface area contributed by atoms with Crippen LogP contribution in [0.25, 0.3) is 0 Å². The fourth-order valence-electron chi connectivity index (χ4n) is 2.07. The minimum atomic E-state index is -0.524. The Kier molecular flexibility index (Phi) is 5.12. The topological polar surface area (TPSA) is 29.1 Å². The Morgan fingerprint density at radius 1 is 1.24 bits per heavy atom. The van der Waals surface area contributed by atoms with E-state index >= 15 is 0 Å². The van der Waals surface area contributed by atoms with Gasteiger partial charge >= 0.3 is 0 Å². The van der Waals surface area contributed by atoms with Crippen LogP contribution in [0.5, 0.6) is 0 Å². The van der Waals surface area contributed by atoms with Gasteiger partial charge < -0.3 is 5.32 Å². The fraction of sp³-hybridized carbons (Fsp3) is 0.235. The third-order valence-corrected chi connectivity index (χ3v) is 3.90. The largest absolute Gasteiger partial charge is 0.345 e. The van der Waals surface area contributed by atoms with E-state index in [1.165, 1.54) is 17.7 Å². The summed E-state index contributed by atoms with van der Waals surface area (Å²) in [6, 6.07) is 12.2. The first-order valence-electron chi connectivity index (χ1n) is 6.86. The Hall–Kier alpha value is -1.68. The van der Waals surface area contributed by atoms with Crippen molar-refractivity contribution in [2.24, 2.45) is 0 Å². The van der Waals surface area contributed by atoms with Crippen LogP contribution in [-0.4, -0.2) is 5.91 Å². The van der Waals surface area contributed by atoms with Crippen molar-refractivity contribution in [1.82, 2.24) is 5.32 Å². The second-order valence-electron chi connectivity index (χ2n) is 4.91. The number of aryl methyl sites for hydroxylation is 1. The summed E-state index contributed by atoms with van der Waals surface area (Å²) in [5, 5.41) is 2.82. The first kappa shape index (κ1) is 15.7. The standard InChI is InChI=1S/C17H17BrFNO/c1-3-12-4-6-13(7-5-12)11(2)20-17(21)15-10-14(18)8-9-16(15)19/h4-11H,3H2,1-2H3,(H,20,21). The van der Waals surface area contributed by atoms with Gasteiger partial charge in [-0.2, -0.15) is 0 Å². The Bertz CT molecular complexity index is 640. The SMILES string of the molecule is CCc1ccc(C(C)NC(=O)c2cc(Br)ccc2F)cc1. The van der Waals surface area contributed by atoms with Crippen LogP contribution >= 0.6 is 15.9 Å². The normalized spacial score (nSPS) is 12.0. The molecule has 1 N–H and O–H groups in total. The molecule has 0 saturated heterocycles. The molecule has 0 aromatic heterocycles. The van der Waals surface area contributed by atoms with Crippen LogP contribution in [0.4, 0.5) is 4.39 Å². The van der Waals surface area contributed by atoms with Crippen molar-refractivity contribution >= 4 is 21.8 Å². The van der Waals surface area contributed by atoms with Crippen molar-refractivity contribution < 1.29 is 9.18 Å². The third kappa shape index (κ3) is 3.91. The number of rotatable bonds is 4. The van der Waals surface area contributed by atoms with Crippen LogP contribution in [-0.2, 0) is 6.42 Å². The zero-order valence-corrected chi connectivity index (χ0v) is 13.6. The monoisotopic (exact) mass is 349 g/mol. The summed E-state index contributed by atoms with van der Waals surface area (Å²) in [4.78, 5) is 12.2. The average Bonchev–Trinajstić information content (AvgIpc) is 2.49. The number of hydrogen-bond acceptors (Lipinski definition) is 1. The minimum absolute atomic E-state index is 0.0430. The van der Waals surface area contributed by atoms with Crippen molar-refractivity contribution in [3.05, 3.63) is 69.4 Å². The molecule has 2 aromatic carbocycles. The lowest BCUT2D eigenvalue weighted by Crippen LogP contribution is -2.27. The molecule has 4 heteroatoms. The Labute approximate surface area is 132 Å². The van der Waals surface area contributed by atoms with Gasteiger partial charge in [0.05, 0.1) is 11.6 Å². The predicted molar refractivity (Wildman–Crippen MR) is 85.8 cm³/mol. The smallest absolute Gasteiger partial charge is 0.254 e. The number of carbonyl (C=O) groups excluding carboxylic acids is 1. The van der Waals surface area contributed by atoms with E-state index in [1.807, 2.05) is 31.2 Å². The van der Waals surface area contributed by atoms with Gasteiger partial charge in [-0.15, -0.1) is 0 Å². The van der Waals surface area contributed by atoms with Crippen molar-refractivity contribution in [3.8, 4) is 0 Å². The fourth-order valence-corrected chi connectivity index (χ4v) is 2.43. The first-order chi connectivity index (χ1) is 10.0. The molecule has 110 valence electrons. The molecule has 1 atom stereocenters. The van der Waals surface area contributed by atoms with Gasteiger partial charge in [-0.1, -0.05) is 47.1 Å². The van der Waals surface area contributed by atoms with Crippen molar-refractivity contribution in [3.63, 3.8) is 0 Å². The van der Waals surface area contributed by atoms with Crippen molar-refractivity contribution in [1.29, 1.82) is 0 Å². The Morgan fingerprint density at radius 3 is 2.52 bits per heavy atom. The zero-order chi connectivity index (χ0) is 15.4. The number of hydrogen-bond donors (Lipinski definition) is 1. The van der Waals surface area contributed by atoms with Crippen LogP contribution in [0.1, 0.15) is 41.4 Å². The lowest BCUT2D eigenvalue weighted by molar-refractivity contribution is 0.0935. The third-order valence-electron chi connectivity index (χ3n) is 3.41. The predicted octanol–water partition coefficient (Wildman–Crippen LogP) is 4.64. The van der Waals surface area contributed by atoms with Crippen LogP contribution in [0.2, 0.25) is 0 Å². The molecule has 0 bridgehead atoms. The van der Waals surface area contributed by atoms with E-state index in [9.17, 15) is 9.18 Å². The number of benzene rings is 2. The minimum Gasteiger partial charge on any atom is -0.345 e. The molecule has 1 amide bonds. The highest BCUT2D eigenvalue weighted by Crippen LogP contribution is 2.18. The van der Waals surface area contributed by atoms with Gasteiger partial charge in [-0.05, 0) is 42.7 Å². The van der Waals surface area contributed by atoms with E-state index in [4.69, 9.17) is 0 Å². The summed E-state index contributed by atoms with van der Waals surface area (Å²) in [7, 11) is 0. The molecule has 2 rings (SSSR count). The van der Waals surface area contributed by atoms with Gasteiger partial charge in [0.1, 0.15) is 5.82 Å². The second kappa shape index (κ2) is 6.85. The number of halogens is 2. The summed E-state index contributed by atoms with van der Waals surface area (Å²) in [5.74, 6) is -0.940. The average molecular weight is 350 g/mol.